The predicted molar refractivity (Wildman–Crippen MR) is 105 cm³/mol. The fourth-order valence-electron chi connectivity index (χ4n) is 7.45. The van der Waals surface area contributed by atoms with Crippen LogP contribution in [0.3, 0.4) is 0 Å². The zero-order chi connectivity index (χ0) is 19.3. The molecule has 0 saturated heterocycles. The number of hydrogen-bond donors (Lipinski definition) is 0. The maximum atomic E-state index is 6.69. The van der Waals surface area contributed by atoms with E-state index in [2.05, 4.69) is 24.1 Å². The van der Waals surface area contributed by atoms with Crippen LogP contribution in [0.2, 0.25) is 0 Å². The van der Waals surface area contributed by atoms with Gasteiger partial charge in [0.05, 0.1) is 7.11 Å². The fraction of sp³-hybridized carbons (Fsp3) is 0.739. The highest BCUT2D eigenvalue weighted by Gasteiger charge is 2.75. The third-order valence-corrected chi connectivity index (χ3v) is 8.63. The molecule has 28 heavy (non-hydrogen) atoms. The minimum atomic E-state index is -0.684. The first-order valence-electron chi connectivity index (χ1n) is 10.8. The molecule has 0 amide bonds. The molecule has 0 aromatic heterocycles. The van der Waals surface area contributed by atoms with Gasteiger partial charge in [-0.15, -0.1) is 0 Å². The van der Waals surface area contributed by atoms with Crippen molar-refractivity contribution in [1.82, 2.24) is 4.90 Å². The number of fused-ring (bicyclic) bond motifs is 2. The molecular formula is C23H31NO4. The van der Waals surface area contributed by atoms with Gasteiger partial charge in [0.15, 0.2) is 17.6 Å². The summed E-state index contributed by atoms with van der Waals surface area (Å²) in [5.74, 6) is 3.18. The van der Waals surface area contributed by atoms with Gasteiger partial charge in [0, 0.05) is 50.1 Å². The van der Waals surface area contributed by atoms with Crippen LogP contribution in [-0.4, -0.2) is 57.8 Å². The highest BCUT2D eigenvalue weighted by Crippen LogP contribution is 2.73. The molecule has 1 heterocycles. The molecule has 152 valence electrons. The molecule has 0 radical (unpaired) electrons. The zero-order valence-corrected chi connectivity index (χ0v) is 17.4. The largest absolute Gasteiger partial charge is 0.493 e. The predicted octanol–water partition coefficient (Wildman–Crippen LogP) is 3.30. The average Bonchev–Trinajstić information content (AvgIpc) is 3.24. The Balaban J connectivity index is 1.52. The lowest BCUT2D eigenvalue weighted by Crippen LogP contribution is -2.63. The molecule has 3 fully saturated rings. The van der Waals surface area contributed by atoms with Crippen LogP contribution in [0.4, 0.5) is 0 Å². The number of likely N-dealkylation sites (N-methyl/N-ethyl adjacent to an activating group) is 1. The van der Waals surface area contributed by atoms with Crippen LogP contribution in [-0.2, 0) is 14.9 Å². The van der Waals surface area contributed by atoms with E-state index in [1.165, 1.54) is 30.5 Å². The summed E-state index contributed by atoms with van der Waals surface area (Å²) in [5, 5.41) is 0. The summed E-state index contributed by atoms with van der Waals surface area (Å²) in [6.07, 6.45) is 5.83. The summed E-state index contributed by atoms with van der Waals surface area (Å²) >= 11 is 0. The summed E-state index contributed by atoms with van der Waals surface area (Å²) in [4.78, 5) is 2.68. The van der Waals surface area contributed by atoms with Gasteiger partial charge in [-0.3, -0.25) is 0 Å². The van der Waals surface area contributed by atoms with Gasteiger partial charge in [-0.05, 0) is 56.2 Å². The lowest BCUT2D eigenvalue weighted by Gasteiger charge is -2.52. The van der Waals surface area contributed by atoms with Crippen LogP contribution in [0.1, 0.15) is 49.1 Å². The molecule has 5 aliphatic rings. The molecule has 5 unspecified atom stereocenters. The van der Waals surface area contributed by atoms with Crippen LogP contribution in [0.15, 0.2) is 12.1 Å². The third kappa shape index (κ3) is 1.89. The minimum Gasteiger partial charge on any atom is -0.493 e. The monoisotopic (exact) mass is 385 g/mol. The number of nitrogens with zero attached hydrogens (tertiary/aromatic N) is 1. The molecule has 1 aromatic rings. The maximum absolute atomic E-state index is 6.69. The lowest BCUT2D eigenvalue weighted by atomic mass is 9.60. The molecule has 2 bridgehead atoms. The van der Waals surface area contributed by atoms with Crippen molar-refractivity contribution in [1.29, 1.82) is 0 Å². The summed E-state index contributed by atoms with van der Waals surface area (Å²) in [6, 6.07) is 4.98. The number of methoxy groups -OCH3 is 3. The molecule has 0 N–H and O–H groups in total. The van der Waals surface area contributed by atoms with Crippen molar-refractivity contribution in [2.75, 3.05) is 34.9 Å². The first kappa shape index (κ1) is 17.5. The first-order valence-corrected chi connectivity index (χ1v) is 10.8. The van der Waals surface area contributed by atoms with Crippen molar-refractivity contribution in [2.24, 2.45) is 11.8 Å². The van der Waals surface area contributed by atoms with E-state index in [0.29, 0.717) is 17.9 Å². The van der Waals surface area contributed by atoms with E-state index in [9.17, 15) is 0 Å². The van der Waals surface area contributed by atoms with Gasteiger partial charge >= 0.3 is 0 Å². The highest BCUT2D eigenvalue weighted by atomic mass is 16.7. The molecule has 1 aliphatic heterocycles. The average molecular weight is 386 g/mol. The second-order valence-electron chi connectivity index (χ2n) is 9.65. The number of hydrogen-bond acceptors (Lipinski definition) is 5. The molecule has 6 rings (SSSR count). The van der Waals surface area contributed by atoms with Gasteiger partial charge < -0.3 is 23.8 Å². The fourth-order valence-corrected chi connectivity index (χ4v) is 7.45. The molecule has 1 spiro atoms. The van der Waals surface area contributed by atoms with E-state index in [1.807, 2.05) is 0 Å². The Morgan fingerprint density at radius 3 is 2.61 bits per heavy atom. The SMILES string of the molecule is COc1ccc2c3c1OC1C(OC)(OC)CCC4C(N(C)CC5CC5)C2CC341. The van der Waals surface area contributed by atoms with E-state index >= 15 is 0 Å². The van der Waals surface area contributed by atoms with Crippen LogP contribution in [0.5, 0.6) is 11.5 Å². The highest BCUT2D eigenvalue weighted by molar-refractivity contribution is 5.65. The molecule has 1 aromatic carbocycles. The quantitative estimate of drug-likeness (QED) is 0.703. The minimum absolute atomic E-state index is 0.0172. The Morgan fingerprint density at radius 1 is 1.14 bits per heavy atom. The van der Waals surface area contributed by atoms with Gasteiger partial charge in [0.1, 0.15) is 0 Å². The number of rotatable bonds is 6. The van der Waals surface area contributed by atoms with E-state index in [4.69, 9.17) is 18.9 Å². The normalized spacial score (nSPS) is 38.6. The van der Waals surface area contributed by atoms with Crippen molar-refractivity contribution < 1.29 is 18.9 Å². The van der Waals surface area contributed by atoms with Crippen molar-refractivity contribution >= 4 is 0 Å². The van der Waals surface area contributed by atoms with Gasteiger partial charge in [-0.1, -0.05) is 6.07 Å². The Labute approximate surface area is 167 Å². The Kier molecular flexibility index (Phi) is 3.54. The number of ether oxygens (including phenoxy) is 4. The van der Waals surface area contributed by atoms with Gasteiger partial charge in [0.2, 0.25) is 5.79 Å². The van der Waals surface area contributed by atoms with Crippen molar-refractivity contribution in [2.45, 2.75) is 61.4 Å². The van der Waals surface area contributed by atoms with Crippen LogP contribution in [0.25, 0.3) is 0 Å². The second kappa shape index (κ2) is 5.65. The van der Waals surface area contributed by atoms with Gasteiger partial charge in [-0.25, -0.2) is 0 Å². The zero-order valence-electron chi connectivity index (χ0n) is 17.4. The van der Waals surface area contributed by atoms with E-state index in [0.717, 1.165) is 36.7 Å². The maximum Gasteiger partial charge on any atom is 0.206 e. The van der Waals surface area contributed by atoms with Crippen molar-refractivity contribution in [3.63, 3.8) is 0 Å². The Bertz CT molecular complexity index is 817. The number of benzene rings is 1. The van der Waals surface area contributed by atoms with Crippen molar-refractivity contribution in [3.8, 4) is 11.5 Å². The van der Waals surface area contributed by atoms with Crippen molar-refractivity contribution in [3.05, 3.63) is 23.3 Å². The standard InChI is InChI=1S/C23H31NO4/c1-24(12-13-5-6-13)19-15-11-22-16(19)9-10-23(26-3,27-4)21(22)28-20-17(25-2)8-7-14(15)18(20)22/h7-8,13,15-16,19,21H,5-6,9-12H2,1-4H3. The molecule has 5 heteroatoms. The summed E-state index contributed by atoms with van der Waals surface area (Å²) in [6.45, 7) is 1.23. The summed E-state index contributed by atoms with van der Waals surface area (Å²) in [5.41, 5.74) is 2.86. The Hall–Kier alpha value is -1.30. The second-order valence-corrected chi connectivity index (χ2v) is 9.65. The van der Waals surface area contributed by atoms with E-state index in [-0.39, 0.29) is 11.5 Å². The third-order valence-electron chi connectivity index (χ3n) is 8.63. The molecule has 5 atom stereocenters. The smallest absolute Gasteiger partial charge is 0.206 e. The van der Waals surface area contributed by atoms with E-state index in [1.54, 1.807) is 21.3 Å². The van der Waals surface area contributed by atoms with Crippen LogP contribution >= 0.6 is 0 Å². The molecule has 5 nitrogen and oxygen atoms in total. The van der Waals surface area contributed by atoms with Crippen LogP contribution < -0.4 is 9.47 Å². The topological polar surface area (TPSA) is 40.2 Å². The molecular weight excluding hydrogens is 354 g/mol. The molecule has 4 aliphatic carbocycles. The van der Waals surface area contributed by atoms with Crippen LogP contribution in [0, 0.1) is 11.8 Å². The summed E-state index contributed by atoms with van der Waals surface area (Å²) in [7, 11) is 7.62. The summed E-state index contributed by atoms with van der Waals surface area (Å²) < 4.78 is 24.4. The van der Waals surface area contributed by atoms with Gasteiger partial charge in [-0.2, -0.15) is 0 Å². The molecule has 3 saturated carbocycles. The lowest BCUT2D eigenvalue weighted by molar-refractivity contribution is -0.283. The van der Waals surface area contributed by atoms with E-state index < -0.39 is 5.79 Å². The van der Waals surface area contributed by atoms with Gasteiger partial charge in [0.25, 0.3) is 0 Å². The first-order chi connectivity index (χ1) is 13.6. The Morgan fingerprint density at radius 2 is 1.93 bits per heavy atom.